The van der Waals surface area contributed by atoms with Gasteiger partial charge in [0.2, 0.25) is 11.7 Å². The molecule has 0 saturated carbocycles. The van der Waals surface area contributed by atoms with E-state index in [1.807, 2.05) is 0 Å². The zero-order chi connectivity index (χ0) is 36.9. The molecular weight excluding hydrogens is 662 g/mol. The number of hydrogen-bond acceptors (Lipinski definition) is 15. The molecule has 2 aliphatic rings. The molecule has 0 aromatic rings. The average Bonchev–Trinajstić information content (AvgIpc) is 3.35. The van der Waals surface area contributed by atoms with Crippen LogP contribution in [0.2, 0.25) is 0 Å². The van der Waals surface area contributed by atoms with Gasteiger partial charge in [-0.15, -0.1) is 0 Å². The summed E-state index contributed by atoms with van der Waals surface area (Å²) in [4.78, 5) is 36.3. The lowest BCUT2D eigenvalue weighted by Gasteiger charge is -2.43. The van der Waals surface area contributed by atoms with Crippen LogP contribution in [0.15, 0.2) is 0 Å². The highest BCUT2D eigenvalue weighted by Gasteiger charge is 2.58. The summed E-state index contributed by atoms with van der Waals surface area (Å²) in [6.45, 7) is -0.131. The van der Waals surface area contributed by atoms with Crippen molar-refractivity contribution in [3.05, 3.63) is 0 Å². The van der Waals surface area contributed by atoms with Crippen LogP contribution in [0.5, 0.6) is 0 Å². The second kappa shape index (κ2) is 24.3. The largest absolute Gasteiger partial charge is 0.464 e. The van der Waals surface area contributed by atoms with Gasteiger partial charge in [0.25, 0.3) is 0 Å². The van der Waals surface area contributed by atoms with Crippen molar-refractivity contribution in [2.45, 2.75) is 164 Å². The van der Waals surface area contributed by atoms with Crippen molar-refractivity contribution >= 4 is 17.8 Å². The van der Waals surface area contributed by atoms with Gasteiger partial charge in [-0.1, -0.05) is 84.0 Å². The molecule has 0 bridgehead atoms. The van der Waals surface area contributed by atoms with Crippen LogP contribution in [0, 0.1) is 0 Å². The number of esters is 2. The fourth-order valence-electron chi connectivity index (χ4n) is 5.89. The summed E-state index contributed by atoms with van der Waals surface area (Å²) in [6.07, 6.45) is 2.01. The highest BCUT2D eigenvalue weighted by atomic mass is 16.8. The van der Waals surface area contributed by atoms with Gasteiger partial charge < -0.3 is 64.7 Å². The van der Waals surface area contributed by atoms with Crippen LogP contribution in [-0.4, -0.2) is 141 Å². The third-order valence-electron chi connectivity index (χ3n) is 9.03. The Kier molecular flexibility index (Phi) is 21.5. The van der Waals surface area contributed by atoms with Gasteiger partial charge in [0.05, 0.1) is 26.0 Å². The fraction of sp³-hybridized carbons (Fsp3) is 0.912. The molecule has 50 heavy (non-hydrogen) atoms. The van der Waals surface area contributed by atoms with E-state index in [0.29, 0.717) is 6.42 Å². The van der Waals surface area contributed by atoms with E-state index in [1.165, 1.54) is 64.2 Å². The summed E-state index contributed by atoms with van der Waals surface area (Å²) in [5.74, 6) is -4.05. The number of aliphatic hydroxyl groups excluding tert-OH is 7. The molecule has 0 aromatic carbocycles. The molecule has 16 heteroatoms. The molecule has 0 unspecified atom stereocenters. The average molecular weight is 724 g/mol. The van der Waals surface area contributed by atoms with Gasteiger partial charge in [-0.2, -0.15) is 0 Å². The van der Waals surface area contributed by atoms with Crippen molar-refractivity contribution in [2.24, 2.45) is 0 Å². The number of nitrogens with one attached hydrogen (secondary N) is 1. The molecule has 0 spiro atoms. The minimum Gasteiger partial charge on any atom is -0.464 e. The van der Waals surface area contributed by atoms with E-state index in [-0.39, 0.29) is 31.9 Å². The monoisotopic (exact) mass is 723 g/mol. The van der Waals surface area contributed by atoms with Crippen LogP contribution in [-0.2, 0) is 38.1 Å². The molecule has 2 aliphatic heterocycles. The zero-order valence-corrected chi connectivity index (χ0v) is 29.4. The van der Waals surface area contributed by atoms with Crippen molar-refractivity contribution in [3.8, 4) is 0 Å². The first-order valence-electron chi connectivity index (χ1n) is 18.2. The SMILES string of the molecule is CCCCCCCCCCCCCCCC(=O)NCCOC(=O)CCC(=O)OC[C@H]1O[C@@](CO)(O[C@H]2O[C@H](CO)[C@@H](O)[C@H](O)[C@H]2O)[C@@H](O)[C@@H]1O. The lowest BCUT2D eigenvalue weighted by atomic mass is 9.99. The maximum Gasteiger partial charge on any atom is 0.306 e. The van der Waals surface area contributed by atoms with Crippen LogP contribution in [0.4, 0.5) is 0 Å². The van der Waals surface area contributed by atoms with Crippen LogP contribution in [0.25, 0.3) is 0 Å². The van der Waals surface area contributed by atoms with Gasteiger partial charge in [0.1, 0.15) is 62.5 Å². The zero-order valence-electron chi connectivity index (χ0n) is 29.4. The van der Waals surface area contributed by atoms with E-state index in [1.54, 1.807) is 0 Å². The van der Waals surface area contributed by atoms with Gasteiger partial charge in [0, 0.05) is 6.42 Å². The van der Waals surface area contributed by atoms with E-state index in [0.717, 1.165) is 19.3 Å². The second-order valence-electron chi connectivity index (χ2n) is 13.1. The number of aliphatic hydroxyl groups is 7. The second-order valence-corrected chi connectivity index (χ2v) is 13.1. The number of carbonyl (C=O) groups is 3. The van der Waals surface area contributed by atoms with Crippen LogP contribution < -0.4 is 5.32 Å². The minimum atomic E-state index is -2.39. The lowest BCUT2D eigenvalue weighted by molar-refractivity contribution is -0.383. The number of ether oxygens (including phenoxy) is 5. The number of hydrogen-bond donors (Lipinski definition) is 8. The van der Waals surface area contributed by atoms with Crippen molar-refractivity contribution in [3.63, 3.8) is 0 Å². The Balaban J connectivity index is 1.55. The third kappa shape index (κ3) is 14.9. The Labute approximate surface area is 294 Å². The van der Waals surface area contributed by atoms with Gasteiger partial charge in [0.15, 0.2) is 6.29 Å². The van der Waals surface area contributed by atoms with Gasteiger partial charge >= 0.3 is 11.9 Å². The highest BCUT2D eigenvalue weighted by molar-refractivity contribution is 5.78. The quantitative estimate of drug-likeness (QED) is 0.0435. The van der Waals surface area contributed by atoms with E-state index >= 15 is 0 Å². The maximum absolute atomic E-state index is 12.2. The molecule has 2 fully saturated rings. The Bertz CT molecular complexity index is 971. The van der Waals surface area contributed by atoms with E-state index in [9.17, 15) is 50.1 Å². The number of unbranched alkanes of at least 4 members (excludes halogenated alkanes) is 12. The van der Waals surface area contributed by atoms with Crippen LogP contribution in [0.3, 0.4) is 0 Å². The van der Waals surface area contributed by atoms with Crippen molar-refractivity contribution in [1.82, 2.24) is 5.32 Å². The summed E-state index contributed by atoms with van der Waals surface area (Å²) >= 11 is 0. The smallest absolute Gasteiger partial charge is 0.306 e. The predicted octanol–water partition coefficient (Wildman–Crippen LogP) is 0.0762. The first-order chi connectivity index (χ1) is 24.0. The topological polar surface area (TPSA) is 251 Å². The highest BCUT2D eigenvalue weighted by Crippen LogP contribution is 2.36. The Hall–Kier alpha value is -1.99. The number of rotatable bonds is 26. The molecule has 2 rings (SSSR count). The standard InChI is InChI=1S/C34H61NO15/c1-2-3-4-5-6-7-8-9-10-11-12-13-14-15-25(38)35-18-19-46-26(39)16-17-27(40)47-21-24-29(42)32(45)34(22-37,49-24)50-33-31(44)30(43)28(41)23(20-36)48-33/h23-24,28-33,36-37,41-45H,2-22H2,1H3,(H,35,38)/t23-,24-,28-,29-,30+,31-,32+,33-,34+/m1/s1. The molecule has 2 heterocycles. The summed E-state index contributed by atoms with van der Waals surface area (Å²) < 4.78 is 26.2. The van der Waals surface area contributed by atoms with Crippen LogP contribution in [0.1, 0.15) is 110 Å². The molecule has 292 valence electrons. The molecule has 0 aliphatic carbocycles. The Morgan fingerprint density at radius 3 is 1.80 bits per heavy atom. The number of amides is 1. The maximum atomic E-state index is 12.2. The van der Waals surface area contributed by atoms with Gasteiger partial charge in [-0.05, 0) is 6.42 Å². The normalized spacial score (nSPS) is 29.5. The summed E-state index contributed by atoms with van der Waals surface area (Å²) in [5, 5.41) is 73.2. The molecule has 16 nitrogen and oxygen atoms in total. The third-order valence-corrected chi connectivity index (χ3v) is 9.03. The molecule has 0 aromatic heterocycles. The van der Waals surface area contributed by atoms with Gasteiger partial charge in [-0.3, -0.25) is 14.4 Å². The van der Waals surface area contributed by atoms with Crippen molar-refractivity contribution < 1.29 is 73.8 Å². The first-order valence-corrected chi connectivity index (χ1v) is 18.2. The molecule has 1 amide bonds. The Morgan fingerprint density at radius 1 is 0.680 bits per heavy atom. The van der Waals surface area contributed by atoms with E-state index in [4.69, 9.17) is 23.7 Å². The van der Waals surface area contributed by atoms with Crippen molar-refractivity contribution in [1.29, 1.82) is 0 Å². The molecular formula is C34H61NO15. The van der Waals surface area contributed by atoms with E-state index < -0.39 is 86.6 Å². The fourth-order valence-corrected chi connectivity index (χ4v) is 5.89. The predicted molar refractivity (Wildman–Crippen MR) is 176 cm³/mol. The minimum absolute atomic E-state index is 0.0596. The first kappa shape index (κ1) is 44.2. The number of carbonyl (C=O) groups excluding carboxylic acids is 3. The van der Waals surface area contributed by atoms with Crippen LogP contribution >= 0.6 is 0 Å². The van der Waals surface area contributed by atoms with Crippen molar-refractivity contribution in [2.75, 3.05) is 33.0 Å². The van der Waals surface area contributed by atoms with Gasteiger partial charge in [-0.25, -0.2) is 0 Å². The summed E-state index contributed by atoms with van der Waals surface area (Å²) in [7, 11) is 0. The summed E-state index contributed by atoms with van der Waals surface area (Å²) in [5.41, 5.74) is 0. The molecule has 8 N–H and O–H groups in total. The molecule has 2 saturated heterocycles. The summed E-state index contributed by atoms with van der Waals surface area (Å²) in [6, 6.07) is 0. The molecule has 9 atom stereocenters. The van der Waals surface area contributed by atoms with E-state index in [2.05, 4.69) is 12.2 Å². The Morgan fingerprint density at radius 2 is 1.24 bits per heavy atom. The lowest BCUT2D eigenvalue weighted by Crippen LogP contribution is -2.62. The molecule has 0 radical (unpaired) electrons.